The van der Waals surface area contributed by atoms with E-state index in [2.05, 4.69) is 46.8 Å². The van der Waals surface area contributed by atoms with E-state index in [9.17, 15) is 10.2 Å². The minimum atomic E-state index is -0.881. The number of rotatable bonds is 3. The molecule has 1 aliphatic rings. The summed E-state index contributed by atoms with van der Waals surface area (Å²) in [6, 6.07) is 10.7. The van der Waals surface area contributed by atoms with Gasteiger partial charge in [0.25, 0.3) is 0 Å². The van der Waals surface area contributed by atoms with Crippen molar-refractivity contribution in [2.75, 3.05) is 19.7 Å². The zero-order valence-corrected chi connectivity index (χ0v) is 12.6. The fourth-order valence-corrected chi connectivity index (χ4v) is 3.28. The second kappa shape index (κ2) is 5.79. The molecule has 21 heavy (non-hydrogen) atoms. The first-order chi connectivity index (χ1) is 10.1. The molecule has 114 valence electrons. The Hall–Kier alpha value is -1.36. The molecule has 0 radical (unpaired) electrons. The lowest BCUT2D eigenvalue weighted by Crippen LogP contribution is -2.34. The molecule has 1 aromatic carbocycles. The van der Waals surface area contributed by atoms with Crippen LogP contribution in [0.25, 0.3) is 10.9 Å². The van der Waals surface area contributed by atoms with Gasteiger partial charge >= 0.3 is 0 Å². The van der Waals surface area contributed by atoms with Gasteiger partial charge in [0.15, 0.2) is 0 Å². The maximum absolute atomic E-state index is 10.2. The number of hydrogen-bond acceptors (Lipinski definition) is 3. The molecule has 0 saturated carbocycles. The fourth-order valence-electron chi connectivity index (χ4n) is 3.28. The summed E-state index contributed by atoms with van der Waals surface area (Å²) in [4.78, 5) is 2.38. The molecule has 0 unspecified atom stereocenters. The van der Waals surface area contributed by atoms with Gasteiger partial charge < -0.3 is 14.8 Å². The molecule has 0 bridgehead atoms. The van der Waals surface area contributed by atoms with Crippen molar-refractivity contribution in [3.8, 4) is 0 Å². The Bertz CT molecular complexity index is 622. The summed E-state index contributed by atoms with van der Waals surface area (Å²) in [5.74, 6) is 0. The van der Waals surface area contributed by atoms with E-state index >= 15 is 0 Å². The lowest BCUT2D eigenvalue weighted by atomic mass is 9.96. The Kier molecular flexibility index (Phi) is 4.02. The Morgan fingerprint density at radius 2 is 2.00 bits per heavy atom. The molecule has 0 spiro atoms. The summed E-state index contributed by atoms with van der Waals surface area (Å²) in [5, 5.41) is 20.8. The predicted octanol–water partition coefficient (Wildman–Crippen LogP) is 1.89. The van der Waals surface area contributed by atoms with Gasteiger partial charge in [-0.1, -0.05) is 18.2 Å². The van der Waals surface area contributed by atoms with E-state index in [0.29, 0.717) is 12.8 Å². The molecule has 1 aliphatic heterocycles. The maximum Gasteiger partial charge on any atom is 0.0890 e. The molecule has 0 amide bonds. The third kappa shape index (κ3) is 2.98. The number of para-hydroxylation sites is 1. The van der Waals surface area contributed by atoms with Gasteiger partial charge in [-0.15, -0.1) is 0 Å². The van der Waals surface area contributed by atoms with Crippen molar-refractivity contribution in [1.82, 2.24) is 9.47 Å². The van der Waals surface area contributed by atoms with Gasteiger partial charge in [-0.2, -0.15) is 0 Å². The van der Waals surface area contributed by atoms with E-state index in [0.717, 1.165) is 26.1 Å². The molecule has 0 aliphatic carbocycles. The van der Waals surface area contributed by atoms with E-state index in [-0.39, 0.29) is 6.61 Å². The van der Waals surface area contributed by atoms with Crippen molar-refractivity contribution in [2.45, 2.75) is 31.4 Å². The minimum Gasteiger partial charge on any atom is -0.393 e. The molecule has 1 fully saturated rings. The average molecular weight is 288 g/mol. The van der Waals surface area contributed by atoms with E-state index in [1.54, 1.807) is 0 Å². The van der Waals surface area contributed by atoms with Crippen LogP contribution < -0.4 is 0 Å². The molecular weight excluding hydrogens is 264 g/mol. The van der Waals surface area contributed by atoms with E-state index in [1.807, 2.05) is 0 Å². The molecule has 1 saturated heterocycles. The second-order valence-corrected chi connectivity index (χ2v) is 6.27. The summed E-state index contributed by atoms with van der Waals surface area (Å²) in [6.07, 6.45) is 2.27. The summed E-state index contributed by atoms with van der Waals surface area (Å²) in [6.45, 7) is 2.57. The van der Waals surface area contributed by atoms with Gasteiger partial charge in [-0.25, -0.2) is 0 Å². The average Bonchev–Trinajstić information content (AvgIpc) is 2.68. The maximum atomic E-state index is 10.2. The van der Waals surface area contributed by atoms with Crippen LogP contribution in [0.15, 0.2) is 30.3 Å². The van der Waals surface area contributed by atoms with Crippen molar-refractivity contribution in [2.24, 2.45) is 7.05 Å². The smallest absolute Gasteiger partial charge is 0.0890 e. The second-order valence-electron chi connectivity index (χ2n) is 6.27. The quantitative estimate of drug-likeness (QED) is 0.907. The first-order valence-electron chi connectivity index (χ1n) is 7.70. The molecule has 2 aromatic rings. The minimum absolute atomic E-state index is 0.130. The fraction of sp³-hybridized carbons (Fsp3) is 0.529. The van der Waals surface area contributed by atoms with Crippen molar-refractivity contribution >= 4 is 10.9 Å². The van der Waals surface area contributed by atoms with Crippen LogP contribution in [0.2, 0.25) is 0 Å². The summed E-state index contributed by atoms with van der Waals surface area (Å²) >= 11 is 0. The first-order valence-corrected chi connectivity index (χ1v) is 7.70. The largest absolute Gasteiger partial charge is 0.393 e. The normalized spacial score (nSPS) is 24.3. The molecule has 4 nitrogen and oxygen atoms in total. The van der Waals surface area contributed by atoms with Crippen LogP contribution in [-0.2, 0) is 13.6 Å². The van der Waals surface area contributed by atoms with E-state index < -0.39 is 5.60 Å². The van der Waals surface area contributed by atoms with Crippen LogP contribution in [0.4, 0.5) is 0 Å². The Morgan fingerprint density at radius 1 is 1.19 bits per heavy atom. The van der Waals surface area contributed by atoms with Crippen LogP contribution in [0.5, 0.6) is 0 Å². The van der Waals surface area contributed by atoms with Gasteiger partial charge in [0.2, 0.25) is 0 Å². The van der Waals surface area contributed by atoms with Crippen LogP contribution in [0.3, 0.4) is 0 Å². The Labute approximate surface area is 125 Å². The van der Waals surface area contributed by atoms with Gasteiger partial charge in [0.1, 0.15) is 0 Å². The molecule has 2 N–H and O–H groups in total. The van der Waals surface area contributed by atoms with E-state index in [4.69, 9.17) is 0 Å². The van der Waals surface area contributed by atoms with Crippen LogP contribution in [0.1, 0.15) is 25.0 Å². The Balaban J connectivity index is 1.75. The number of aryl methyl sites for hydroxylation is 1. The van der Waals surface area contributed by atoms with E-state index in [1.165, 1.54) is 16.6 Å². The summed E-state index contributed by atoms with van der Waals surface area (Å²) in [5.41, 5.74) is 1.67. The highest BCUT2D eigenvalue weighted by Crippen LogP contribution is 2.24. The molecule has 2 heterocycles. The van der Waals surface area contributed by atoms with Crippen molar-refractivity contribution in [3.05, 3.63) is 36.0 Å². The van der Waals surface area contributed by atoms with Crippen LogP contribution >= 0.6 is 0 Å². The summed E-state index contributed by atoms with van der Waals surface area (Å²) in [7, 11) is 2.11. The highest BCUT2D eigenvalue weighted by atomic mass is 16.3. The number of hydrogen-bond donors (Lipinski definition) is 2. The number of benzene rings is 1. The van der Waals surface area contributed by atoms with Crippen molar-refractivity contribution < 1.29 is 10.2 Å². The summed E-state index contributed by atoms with van der Waals surface area (Å²) < 4.78 is 2.25. The van der Waals surface area contributed by atoms with Gasteiger partial charge in [0.05, 0.1) is 12.2 Å². The number of aliphatic hydroxyl groups excluding tert-OH is 1. The van der Waals surface area contributed by atoms with Gasteiger partial charge in [0, 0.05) is 31.3 Å². The number of aliphatic hydroxyl groups is 2. The Morgan fingerprint density at radius 3 is 2.76 bits per heavy atom. The van der Waals surface area contributed by atoms with Crippen molar-refractivity contribution in [3.63, 3.8) is 0 Å². The molecule has 4 heteroatoms. The standard InChI is InChI=1S/C17H24N2O2/c1-18-15(11-14-5-2-3-6-16(14)18)12-19-9-4-7-17(21,13-20)8-10-19/h2-3,5-6,11,20-21H,4,7-10,12-13H2,1H3/t17-/m1/s1. The molecule has 3 rings (SSSR count). The third-order valence-corrected chi connectivity index (χ3v) is 4.74. The highest BCUT2D eigenvalue weighted by Gasteiger charge is 2.29. The lowest BCUT2D eigenvalue weighted by molar-refractivity contribution is -0.0255. The molecule has 1 atom stereocenters. The number of fused-ring (bicyclic) bond motifs is 1. The van der Waals surface area contributed by atoms with Gasteiger partial charge in [-0.05, 0) is 43.3 Å². The third-order valence-electron chi connectivity index (χ3n) is 4.74. The monoisotopic (exact) mass is 288 g/mol. The molecule has 1 aromatic heterocycles. The topological polar surface area (TPSA) is 48.6 Å². The van der Waals surface area contributed by atoms with Gasteiger partial charge in [-0.3, -0.25) is 4.90 Å². The number of nitrogens with zero attached hydrogens (tertiary/aromatic N) is 2. The lowest BCUT2D eigenvalue weighted by Gasteiger charge is -2.24. The number of likely N-dealkylation sites (tertiary alicyclic amines) is 1. The first kappa shape index (κ1) is 14.6. The van der Waals surface area contributed by atoms with Crippen molar-refractivity contribution in [1.29, 1.82) is 0 Å². The van der Waals surface area contributed by atoms with Crippen LogP contribution in [0, 0.1) is 0 Å². The zero-order chi connectivity index (χ0) is 14.9. The van der Waals surface area contributed by atoms with Crippen LogP contribution in [-0.4, -0.2) is 45.0 Å². The SMILES string of the molecule is Cn1c(CN2CCC[C@](O)(CO)CC2)cc2ccccc21. The zero-order valence-electron chi connectivity index (χ0n) is 12.6. The number of aromatic nitrogens is 1. The highest BCUT2D eigenvalue weighted by molar-refractivity contribution is 5.81. The predicted molar refractivity (Wildman–Crippen MR) is 84.1 cm³/mol. The molecular formula is C17H24N2O2.